The molecule has 2 fully saturated rings. The van der Waals surface area contributed by atoms with Gasteiger partial charge in [-0.05, 0) is 56.3 Å². The van der Waals surface area contributed by atoms with Crippen LogP contribution in [0.4, 0.5) is 0 Å². The summed E-state index contributed by atoms with van der Waals surface area (Å²) in [7, 11) is 0. The summed E-state index contributed by atoms with van der Waals surface area (Å²) in [6.45, 7) is 4.40. The van der Waals surface area contributed by atoms with Gasteiger partial charge in [-0.2, -0.15) is 0 Å². The van der Waals surface area contributed by atoms with E-state index in [0.717, 1.165) is 45.2 Å². The van der Waals surface area contributed by atoms with Crippen LogP contribution in [0.3, 0.4) is 0 Å². The van der Waals surface area contributed by atoms with Crippen molar-refractivity contribution in [2.24, 2.45) is 5.92 Å². The Hall–Kier alpha value is -1.59. The van der Waals surface area contributed by atoms with Crippen LogP contribution in [0.2, 0.25) is 5.02 Å². The lowest BCUT2D eigenvalue weighted by atomic mass is 9.84. The molecule has 0 radical (unpaired) electrons. The highest BCUT2D eigenvalue weighted by atomic mass is 35.5. The van der Waals surface area contributed by atoms with Gasteiger partial charge in [0.15, 0.2) is 0 Å². The fourth-order valence-electron chi connectivity index (χ4n) is 4.45. The van der Waals surface area contributed by atoms with Crippen molar-refractivity contribution in [1.29, 1.82) is 0 Å². The SMILES string of the molecule is CCCNCCNC(=O)C1CC2CCCCC2N1C(=O)c1cccc(Cl)c1. The summed E-state index contributed by atoms with van der Waals surface area (Å²) in [4.78, 5) is 28.0. The molecule has 1 aliphatic heterocycles. The number of hydrogen-bond acceptors (Lipinski definition) is 3. The number of nitrogens with one attached hydrogen (secondary N) is 2. The lowest BCUT2D eigenvalue weighted by Gasteiger charge is -2.33. The Bertz CT molecular complexity index is 667. The zero-order chi connectivity index (χ0) is 19.2. The summed E-state index contributed by atoms with van der Waals surface area (Å²) in [5.41, 5.74) is 0.566. The van der Waals surface area contributed by atoms with Crippen molar-refractivity contribution in [1.82, 2.24) is 15.5 Å². The Balaban J connectivity index is 1.72. The molecule has 1 saturated carbocycles. The van der Waals surface area contributed by atoms with Gasteiger partial charge in [0, 0.05) is 29.7 Å². The van der Waals surface area contributed by atoms with E-state index in [2.05, 4.69) is 17.6 Å². The van der Waals surface area contributed by atoms with Crippen molar-refractivity contribution in [2.45, 2.75) is 57.5 Å². The highest BCUT2D eigenvalue weighted by Crippen LogP contribution is 2.40. The molecule has 0 spiro atoms. The van der Waals surface area contributed by atoms with Crippen LogP contribution in [-0.4, -0.2) is 48.4 Å². The van der Waals surface area contributed by atoms with Gasteiger partial charge in [-0.25, -0.2) is 0 Å². The summed E-state index contributed by atoms with van der Waals surface area (Å²) < 4.78 is 0. The topological polar surface area (TPSA) is 61.4 Å². The van der Waals surface area contributed by atoms with Gasteiger partial charge in [0.2, 0.25) is 5.91 Å². The third-order valence-electron chi connectivity index (χ3n) is 5.72. The molecular formula is C21H30ClN3O2. The average molecular weight is 392 g/mol. The maximum absolute atomic E-state index is 13.3. The van der Waals surface area contributed by atoms with E-state index in [9.17, 15) is 9.59 Å². The Kier molecular flexibility index (Phi) is 7.13. The number of rotatable bonds is 7. The van der Waals surface area contributed by atoms with Crippen molar-refractivity contribution in [3.8, 4) is 0 Å². The summed E-state index contributed by atoms with van der Waals surface area (Å²) >= 11 is 6.09. The second-order valence-electron chi connectivity index (χ2n) is 7.63. The first-order valence-electron chi connectivity index (χ1n) is 10.2. The maximum Gasteiger partial charge on any atom is 0.254 e. The van der Waals surface area contributed by atoms with Gasteiger partial charge in [-0.15, -0.1) is 0 Å². The molecule has 1 aliphatic carbocycles. The zero-order valence-electron chi connectivity index (χ0n) is 16.0. The molecule has 2 amide bonds. The van der Waals surface area contributed by atoms with Crippen LogP contribution in [-0.2, 0) is 4.79 Å². The van der Waals surface area contributed by atoms with Crippen molar-refractivity contribution in [3.63, 3.8) is 0 Å². The summed E-state index contributed by atoms with van der Waals surface area (Å²) in [5, 5.41) is 6.85. The highest BCUT2D eigenvalue weighted by Gasteiger charge is 2.47. The molecule has 2 N–H and O–H groups in total. The molecule has 1 saturated heterocycles. The molecule has 3 rings (SSSR count). The number of carbonyl (C=O) groups is 2. The number of hydrogen-bond donors (Lipinski definition) is 2. The van der Waals surface area contributed by atoms with Gasteiger partial charge in [0.1, 0.15) is 6.04 Å². The Morgan fingerprint density at radius 2 is 2.00 bits per heavy atom. The Morgan fingerprint density at radius 1 is 1.19 bits per heavy atom. The molecule has 0 aromatic heterocycles. The molecule has 148 valence electrons. The van der Waals surface area contributed by atoms with E-state index in [1.165, 1.54) is 6.42 Å². The third-order valence-corrected chi connectivity index (χ3v) is 5.96. The van der Waals surface area contributed by atoms with Crippen LogP contribution in [0.5, 0.6) is 0 Å². The molecule has 5 nitrogen and oxygen atoms in total. The quantitative estimate of drug-likeness (QED) is 0.701. The fraction of sp³-hybridized carbons (Fsp3) is 0.619. The number of amides is 2. The molecule has 27 heavy (non-hydrogen) atoms. The van der Waals surface area contributed by atoms with Crippen LogP contribution < -0.4 is 10.6 Å². The van der Waals surface area contributed by atoms with Crippen molar-refractivity contribution < 1.29 is 9.59 Å². The number of halogens is 1. The highest BCUT2D eigenvalue weighted by molar-refractivity contribution is 6.31. The lowest BCUT2D eigenvalue weighted by molar-refractivity contribution is -0.125. The molecule has 0 bridgehead atoms. The van der Waals surface area contributed by atoms with E-state index in [-0.39, 0.29) is 23.9 Å². The second-order valence-corrected chi connectivity index (χ2v) is 8.06. The normalized spacial score (nSPS) is 24.5. The van der Waals surface area contributed by atoms with E-state index in [0.29, 0.717) is 23.0 Å². The first-order valence-corrected chi connectivity index (χ1v) is 10.6. The van der Waals surface area contributed by atoms with Gasteiger partial charge in [0.25, 0.3) is 5.91 Å². The molecule has 2 aliphatic rings. The number of likely N-dealkylation sites (tertiary alicyclic amines) is 1. The van der Waals surface area contributed by atoms with E-state index in [1.807, 2.05) is 4.90 Å². The van der Waals surface area contributed by atoms with Crippen LogP contribution in [0, 0.1) is 5.92 Å². The first-order chi connectivity index (χ1) is 13.1. The van der Waals surface area contributed by atoms with Crippen LogP contribution >= 0.6 is 11.6 Å². The predicted molar refractivity (Wildman–Crippen MR) is 108 cm³/mol. The van der Waals surface area contributed by atoms with E-state index < -0.39 is 0 Å². The minimum Gasteiger partial charge on any atom is -0.353 e. The zero-order valence-corrected chi connectivity index (χ0v) is 16.8. The first kappa shape index (κ1) is 20.2. The third kappa shape index (κ3) is 4.82. The van der Waals surface area contributed by atoms with Gasteiger partial charge in [-0.1, -0.05) is 37.4 Å². The number of benzene rings is 1. The smallest absolute Gasteiger partial charge is 0.254 e. The fourth-order valence-corrected chi connectivity index (χ4v) is 4.64. The van der Waals surface area contributed by atoms with Crippen molar-refractivity contribution in [3.05, 3.63) is 34.9 Å². The molecule has 3 unspecified atom stereocenters. The van der Waals surface area contributed by atoms with Gasteiger partial charge in [0.05, 0.1) is 0 Å². The standard InChI is InChI=1S/C21H30ClN3O2/c1-2-10-23-11-12-24-20(26)19-14-15-6-3-4-9-18(15)25(19)21(27)16-7-5-8-17(22)13-16/h5,7-8,13,15,18-19,23H,2-4,6,9-12,14H2,1H3,(H,24,26). The van der Waals surface area contributed by atoms with Crippen molar-refractivity contribution in [2.75, 3.05) is 19.6 Å². The maximum atomic E-state index is 13.3. The summed E-state index contributed by atoms with van der Waals surface area (Å²) in [6.07, 6.45) is 6.24. The average Bonchev–Trinajstić information content (AvgIpc) is 3.06. The molecule has 1 aromatic rings. The van der Waals surface area contributed by atoms with E-state index in [4.69, 9.17) is 11.6 Å². The molecule has 6 heteroatoms. The largest absolute Gasteiger partial charge is 0.353 e. The molecule has 1 aromatic carbocycles. The minimum atomic E-state index is -0.379. The number of fused-ring (bicyclic) bond motifs is 1. The second kappa shape index (κ2) is 9.56. The van der Waals surface area contributed by atoms with Crippen LogP contribution in [0.25, 0.3) is 0 Å². The van der Waals surface area contributed by atoms with E-state index >= 15 is 0 Å². The number of nitrogens with zero attached hydrogens (tertiary/aromatic N) is 1. The molecular weight excluding hydrogens is 362 g/mol. The monoisotopic (exact) mass is 391 g/mol. The van der Waals surface area contributed by atoms with Crippen LogP contribution in [0.1, 0.15) is 55.8 Å². The molecule has 3 atom stereocenters. The van der Waals surface area contributed by atoms with Crippen LogP contribution in [0.15, 0.2) is 24.3 Å². The van der Waals surface area contributed by atoms with E-state index in [1.54, 1.807) is 24.3 Å². The number of carbonyl (C=O) groups excluding carboxylic acids is 2. The Labute approximate surface area is 166 Å². The van der Waals surface area contributed by atoms with Gasteiger partial charge < -0.3 is 15.5 Å². The minimum absolute atomic E-state index is 0.0296. The molecule has 1 heterocycles. The Morgan fingerprint density at radius 3 is 2.78 bits per heavy atom. The van der Waals surface area contributed by atoms with Crippen molar-refractivity contribution >= 4 is 23.4 Å². The van der Waals surface area contributed by atoms with Gasteiger partial charge >= 0.3 is 0 Å². The lowest BCUT2D eigenvalue weighted by Crippen LogP contribution is -2.50. The van der Waals surface area contributed by atoms with Gasteiger partial charge in [-0.3, -0.25) is 9.59 Å². The predicted octanol–water partition coefficient (Wildman–Crippen LogP) is 3.23. The summed E-state index contributed by atoms with van der Waals surface area (Å²) in [6, 6.07) is 6.82. The summed E-state index contributed by atoms with van der Waals surface area (Å²) in [5.74, 6) is 0.324.